The summed E-state index contributed by atoms with van der Waals surface area (Å²) in [6.07, 6.45) is 2.57. The van der Waals surface area contributed by atoms with Gasteiger partial charge in [0.05, 0.1) is 11.6 Å². The van der Waals surface area contributed by atoms with E-state index in [1.165, 1.54) is 18.6 Å². The third-order valence-corrected chi connectivity index (χ3v) is 5.24. The van der Waals surface area contributed by atoms with Crippen molar-refractivity contribution in [1.29, 1.82) is 5.26 Å². The SMILES string of the molecule is CN=C(NCc1ccc(C#N)cc1)NCC1(C)CCCS1. The van der Waals surface area contributed by atoms with E-state index < -0.39 is 0 Å². The Morgan fingerprint density at radius 2 is 2.14 bits per heavy atom. The van der Waals surface area contributed by atoms with Crippen LogP contribution < -0.4 is 10.6 Å². The molecule has 0 aromatic heterocycles. The summed E-state index contributed by atoms with van der Waals surface area (Å²) in [5.74, 6) is 2.09. The number of rotatable bonds is 4. The molecule has 112 valence electrons. The van der Waals surface area contributed by atoms with Crippen molar-refractivity contribution in [2.75, 3.05) is 19.3 Å². The van der Waals surface area contributed by atoms with E-state index in [-0.39, 0.29) is 0 Å². The molecule has 1 aromatic rings. The van der Waals surface area contributed by atoms with Crippen LogP contribution >= 0.6 is 11.8 Å². The first-order chi connectivity index (χ1) is 10.1. The van der Waals surface area contributed by atoms with Crippen LogP contribution in [-0.4, -0.2) is 30.1 Å². The zero-order valence-corrected chi connectivity index (χ0v) is 13.5. The molecule has 1 heterocycles. The minimum atomic E-state index is 0.325. The van der Waals surface area contributed by atoms with Crippen LogP contribution in [0.3, 0.4) is 0 Å². The van der Waals surface area contributed by atoms with Crippen LogP contribution in [0.2, 0.25) is 0 Å². The Kier molecular flexibility index (Phi) is 5.51. The molecular formula is C16H22N4S. The van der Waals surface area contributed by atoms with Gasteiger partial charge in [0.15, 0.2) is 5.96 Å². The van der Waals surface area contributed by atoms with Gasteiger partial charge >= 0.3 is 0 Å². The lowest BCUT2D eigenvalue weighted by molar-refractivity contribution is 0.584. The maximum atomic E-state index is 8.79. The molecule has 2 N–H and O–H groups in total. The Balaban J connectivity index is 1.81. The van der Waals surface area contributed by atoms with Gasteiger partial charge in [-0.1, -0.05) is 12.1 Å². The van der Waals surface area contributed by atoms with Crippen molar-refractivity contribution in [3.8, 4) is 6.07 Å². The normalized spacial score (nSPS) is 21.9. The van der Waals surface area contributed by atoms with Crippen molar-refractivity contribution in [2.24, 2.45) is 4.99 Å². The first-order valence-corrected chi connectivity index (χ1v) is 8.21. The van der Waals surface area contributed by atoms with Crippen LogP contribution in [0.25, 0.3) is 0 Å². The average molecular weight is 302 g/mol. The molecule has 0 amide bonds. The van der Waals surface area contributed by atoms with E-state index in [4.69, 9.17) is 5.26 Å². The van der Waals surface area contributed by atoms with Crippen LogP contribution in [0.4, 0.5) is 0 Å². The molecule has 0 bridgehead atoms. The van der Waals surface area contributed by atoms with Crippen molar-refractivity contribution in [3.63, 3.8) is 0 Å². The van der Waals surface area contributed by atoms with Gasteiger partial charge in [-0.2, -0.15) is 17.0 Å². The van der Waals surface area contributed by atoms with Gasteiger partial charge in [-0.05, 0) is 43.2 Å². The van der Waals surface area contributed by atoms with Gasteiger partial charge in [0.1, 0.15) is 0 Å². The van der Waals surface area contributed by atoms with Crippen molar-refractivity contribution in [2.45, 2.75) is 31.1 Å². The lowest BCUT2D eigenvalue weighted by Crippen LogP contribution is -2.43. The molecular weight excluding hydrogens is 280 g/mol. The number of guanidine groups is 1. The highest BCUT2D eigenvalue weighted by Gasteiger charge is 2.29. The van der Waals surface area contributed by atoms with Crippen molar-refractivity contribution in [1.82, 2.24) is 10.6 Å². The van der Waals surface area contributed by atoms with Crippen LogP contribution in [0, 0.1) is 11.3 Å². The summed E-state index contributed by atoms with van der Waals surface area (Å²) in [6, 6.07) is 9.73. The summed E-state index contributed by atoms with van der Waals surface area (Å²) in [4.78, 5) is 4.26. The van der Waals surface area contributed by atoms with Crippen LogP contribution in [-0.2, 0) is 6.54 Å². The molecule has 0 saturated carbocycles. The standard InChI is InChI=1S/C16H22N4S/c1-16(8-3-9-21-16)12-20-15(18-2)19-11-14-6-4-13(10-17)5-7-14/h4-7H,3,8-9,11-12H2,1-2H3,(H2,18,19,20). The molecule has 0 spiro atoms. The highest BCUT2D eigenvalue weighted by Crippen LogP contribution is 2.36. The summed E-state index contributed by atoms with van der Waals surface area (Å²) in [6.45, 7) is 3.95. The number of hydrogen-bond donors (Lipinski definition) is 2. The highest BCUT2D eigenvalue weighted by atomic mass is 32.2. The Morgan fingerprint density at radius 3 is 2.71 bits per heavy atom. The molecule has 1 aliphatic heterocycles. The summed E-state index contributed by atoms with van der Waals surface area (Å²) < 4.78 is 0.325. The minimum Gasteiger partial charge on any atom is -0.355 e. The molecule has 1 unspecified atom stereocenters. The van der Waals surface area contributed by atoms with Crippen molar-refractivity contribution < 1.29 is 0 Å². The first-order valence-electron chi connectivity index (χ1n) is 7.23. The third kappa shape index (κ3) is 4.68. The quantitative estimate of drug-likeness (QED) is 0.663. The maximum absolute atomic E-state index is 8.79. The van der Waals surface area contributed by atoms with Crippen molar-refractivity contribution in [3.05, 3.63) is 35.4 Å². The zero-order valence-electron chi connectivity index (χ0n) is 12.6. The molecule has 0 radical (unpaired) electrons. The number of hydrogen-bond acceptors (Lipinski definition) is 3. The van der Waals surface area contributed by atoms with Gasteiger partial charge in [0.25, 0.3) is 0 Å². The van der Waals surface area contributed by atoms with Crippen LogP contribution in [0.1, 0.15) is 30.9 Å². The highest BCUT2D eigenvalue weighted by molar-refractivity contribution is 8.00. The Labute approximate surface area is 131 Å². The fraction of sp³-hybridized carbons (Fsp3) is 0.500. The number of aliphatic imine (C=N–C) groups is 1. The van der Waals surface area contributed by atoms with Gasteiger partial charge in [-0.3, -0.25) is 4.99 Å². The van der Waals surface area contributed by atoms with E-state index in [2.05, 4.69) is 28.6 Å². The van der Waals surface area contributed by atoms with Gasteiger partial charge in [-0.25, -0.2) is 0 Å². The number of thioether (sulfide) groups is 1. The topological polar surface area (TPSA) is 60.2 Å². The zero-order chi connectivity index (χ0) is 15.1. The third-order valence-electron chi connectivity index (χ3n) is 3.70. The van der Waals surface area contributed by atoms with E-state index in [9.17, 15) is 0 Å². The van der Waals surface area contributed by atoms with E-state index in [1.807, 2.05) is 36.0 Å². The van der Waals surface area contributed by atoms with Crippen LogP contribution in [0.5, 0.6) is 0 Å². The predicted molar refractivity (Wildman–Crippen MR) is 89.5 cm³/mol. The Bertz CT molecular complexity index is 524. The number of nitriles is 1. The van der Waals surface area contributed by atoms with E-state index in [0.29, 0.717) is 16.9 Å². The van der Waals surface area contributed by atoms with Gasteiger partial charge in [0.2, 0.25) is 0 Å². The second-order valence-electron chi connectivity index (χ2n) is 5.49. The first kappa shape index (κ1) is 15.7. The fourth-order valence-corrected chi connectivity index (χ4v) is 3.59. The monoisotopic (exact) mass is 302 g/mol. The van der Waals surface area contributed by atoms with Crippen molar-refractivity contribution >= 4 is 17.7 Å². The summed E-state index contributed by atoms with van der Waals surface area (Å²) >= 11 is 2.04. The molecule has 0 aliphatic carbocycles. The molecule has 1 saturated heterocycles. The summed E-state index contributed by atoms with van der Waals surface area (Å²) in [7, 11) is 1.79. The number of nitrogens with zero attached hydrogens (tertiary/aromatic N) is 2. The smallest absolute Gasteiger partial charge is 0.191 e. The van der Waals surface area contributed by atoms with E-state index in [1.54, 1.807) is 7.05 Å². The Hall–Kier alpha value is -1.67. The van der Waals surface area contributed by atoms with E-state index >= 15 is 0 Å². The molecule has 1 atom stereocenters. The second kappa shape index (κ2) is 7.37. The van der Waals surface area contributed by atoms with Crippen LogP contribution in [0.15, 0.2) is 29.3 Å². The minimum absolute atomic E-state index is 0.325. The molecule has 1 aromatic carbocycles. The number of benzene rings is 1. The maximum Gasteiger partial charge on any atom is 0.191 e. The molecule has 1 aliphatic rings. The molecule has 5 heteroatoms. The second-order valence-corrected chi connectivity index (χ2v) is 7.17. The predicted octanol–water partition coefficient (Wildman–Crippen LogP) is 2.51. The Morgan fingerprint density at radius 1 is 1.38 bits per heavy atom. The van der Waals surface area contributed by atoms with Gasteiger partial charge in [-0.15, -0.1) is 0 Å². The lowest BCUT2D eigenvalue weighted by Gasteiger charge is -2.24. The molecule has 2 rings (SSSR count). The van der Waals surface area contributed by atoms with Gasteiger partial charge < -0.3 is 10.6 Å². The van der Waals surface area contributed by atoms with Gasteiger partial charge in [0, 0.05) is 24.9 Å². The molecule has 21 heavy (non-hydrogen) atoms. The van der Waals surface area contributed by atoms with E-state index in [0.717, 1.165) is 18.1 Å². The lowest BCUT2D eigenvalue weighted by atomic mass is 10.1. The largest absolute Gasteiger partial charge is 0.355 e. The fourth-order valence-electron chi connectivity index (χ4n) is 2.35. The molecule has 1 fully saturated rings. The average Bonchev–Trinajstić information content (AvgIpc) is 2.95. The number of nitrogens with one attached hydrogen (secondary N) is 2. The molecule has 4 nitrogen and oxygen atoms in total. The summed E-state index contributed by atoms with van der Waals surface area (Å²) in [5.41, 5.74) is 1.82. The summed E-state index contributed by atoms with van der Waals surface area (Å²) in [5, 5.41) is 15.5.